The van der Waals surface area contributed by atoms with Crippen molar-refractivity contribution in [2.75, 3.05) is 0 Å². The summed E-state index contributed by atoms with van der Waals surface area (Å²) in [5.41, 5.74) is 5.80. The lowest BCUT2D eigenvalue weighted by Gasteiger charge is -2.20. The quantitative estimate of drug-likeness (QED) is 0.496. The van der Waals surface area contributed by atoms with Crippen LogP contribution in [-0.2, 0) is 0 Å². The molecule has 0 heterocycles. The number of hydrogen-bond donors (Lipinski definition) is 0. The third-order valence-corrected chi connectivity index (χ3v) is 4.61. The molecule has 0 spiro atoms. The molecule has 0 saturated carbocycles. The fourth-order valence-corrected chi connectivity index (χ4v) is 2.94. The van der Waals surface area contributed by atoms with Crippen molar-refractivity contribution in [2.45, 2.75) is 66.2 Å². The number of rotatable bonds is 2. The molecule has 20 heavy (non-hydrogen) atoms. The van der Waals surface area contributed by atoms with Gasteiger partial charge in [0.1, 0.15) is 0 Å². The van der Waals surface area contributed by atoms with Crippen LogP contribution in [0.4, 0.5) is 0 Å². The maximum Gasteiger partial charge on any atom is -0.0169 e. The second kappa shape index (κ2) is 8.29. The molecule has 0 aromatic heterocycles. The van der Waals surface area contributed by atoms with Gasteiger partial charge in [0.25, 0.3) is 0 Å². The average molecular weight is 272 g/mol. The van der Waals surface area contributed by atoms with Crippen molar-refractivity contribution in [2.24, 2.45) is 11.8 Å². The van der Waals surface area contributed by atoms with Crippen LogP contribution in [0.25, 0.3) is 0 Å². The van der Waals surface area contributed by atoms with Gasteiger partial charge < -0.3 is 0 Å². The van der Waals surface area contributed by atoms with Crippen LogP contribution in [0.2, 0.25) is 0 Å². The monoisotopic (exact) mass is 272 g/mol. The second-order valence-electron chi connectivity index (χ2n) is 6.74. The highest BCUT2D eigenvalue weighted by atomic mass is 14.2. The van der Waals surface area contributed by atoms with E-state index in [0.717, 1.165) is 11.8 Å². The SMILES string of the molecule is C=C(C)C1CC=C(C)CC1.C=C(C)C1CCC=C(C)C1. The van der Waals surface area contributed by atoms with E-state index in [9.17, 15) is 0 Å². The second-order valence-corrected chi connectivity index (χ2v) is 6.74. The normalized spacial score (nSPS) is 25.8. The molecule has 0 aromatic rings. The Morgan fingerprint density at radius 2 is 1.60 bits per heavy atom. The van der Waals surface area contributed by atoms with Crippen molar-refractivity contribution in [3.05, 3.63) is 47.6 Å². The first-order valence-corrected chi connectivity index (χ1v) is 8.02. The summed E-state index contributed by atoms with van der Waals surface area (Å²) in [5, 5.41) is 0. The molecule has 0 radical (unpaired) electrons. The number of allylic oxidation sites excluding steroid dienone is 6. The molecule has 0 bridgehead atoms. The Morgan fingerprint density at radius 3 is 2.00 bits per heavy atom. The Bertz CT molecular complexity index is 406. The minimum atomic E-state index is 0.767. The summed E-state index contributed by atoms with van der Waals surface area (Å²) in [6, 6.07) is 0. The fraction of sp³-hybridized carbons (Fsp3) is 0.600. The van der Waals surface area contributed by atoms with Crippen molar-refractivity contribution in [3.63, 3.8) is 0 Å². The average Bonchev–Trinajstić information content (AvgIpc) is 2.40. The molecule has 0 amide bonds. The van der Waals surface area contributed by atoms with Gasteiger partial charge >= 0.3 is 0 Å². The summed E-state index contributed by atoms with van der Waals surface area (Å²) >= 11 is 0. The Morgan fingerprint density at radius 1 is 0.950 bits per heavy atom. The van der Waals surface area contributed by atoms with E-state index in [-0.39, 0.29) is 0 Å². The molecule has 2 aliphatic carbocycles. The number of hydrogen-bond acceptors (Lipinski definition) is 0. The van der Waals surface area contributed by atoms with Crippen LogP contribution in [0, 0.1) is 11.8 Å². The van der Waals surface area contributed by atoms with Gasteiger partial charge in [-0.3, -0.25) is 0 Å². The molecular weight excluding hydrogens is 240 g/mol. The van der Waals surface area contributed by atoms with Gasteiger partial charge in [-0.15, -0.1) is 0 Å². The zero-order valence-corrected chi connectivity index (χ0v) is 14.0. The summed E-state index contributed by atoms with van der Waals surface area (Å²) < 4.78 is 0. The molecule has 0 aromatic carbocycles. The van der Waals surface area contributed by atoms with E-state index in [1.807, 2.05) is 0 Å². The first-order valence-electron chi connectivity index (χ1n) is 8.02. The first kappa shape index (κ1) is 17.0. The third kappa shape index (κ3) is 5.94. The van der Waals surface area contributed by atoms with E-state index < -0.39 is 0 Å². The van der Waals surface area contributed by atoms with Crippen LogP contribution < -0.4 is 0 Å². The van der Waals surface area contributed by atoms with E-state index in [2.05, 4.69) is 53.0 Å². The van der Waals surface area contributed by atoms with Gasteiger partial charge in [-0.05, 0) is 78.1 Å². The lowest BCUT2D eigenvalue weighted by Crippen LogP contribution is -2.05. The molecule has 0 fully saturated rings. The maximum atomic E-state index is 3.99. The maximum absolute atomic E-state index is 3.99. The van der Waals surface area contributed by atoms with Gasteiger partial charge in [-0.1, -0.05) is 47.6 Å². The van der Waals surface area contributed by atoms with Crippen LogP contribution in [-0.4, -0.2) is 0 Å². The molecule has 112 valence electrons. The van der Waals surface area contributed by atoms with Crippen LogP contribution in [0.5, 0.6) is 0 Å². The minimum absolute atomic E-state index is 0.767. The van der Waals surface area contributed by atoms with Gasteiger partial charge in [0, 0.05) is 0 Å². The minimum Gasteiger partial charge on any atom is -0.0998 e. The first-order chi connectivity index (χ1) is 9.40. The largest absolute Gasteiger partial charge is 0.0998 e. The molecule has 2 atom stereocenters. The van der Waals surface area contributed by atoms with Gasteiger partial charge in [-0.2, -0.15) is 0 Å². The summed E-state index contributed by atoms with van der Waals surface area (Å²) in [7, 11) is 0. The van der Waals surface area contributed by atoms with Crippen LogP contribution in [0.3, 0.4) is 0 Å². The summed E-state index contributed by atoms with van der Waals surface area (Å²) in [5.74, 6) is 1.54. The standard InChI is InChI=1S/2C10H16/c1-8(2)10-6-4-9(3)5-7-10;1-8(2)10-6-4-5-9(3)7-10/h4,10H,1,5-7H2,2-3H3;5,10H,1,4,6-7H2,2-3H3. The van der Waals surface area contributed by atoms with Gasteiger partial charge in [0.2, 0.25) is 0 Å². The molecule has 0 nitrogen and oxygen atoms in total. The van der Waals surface area contributed by atoms with Gasteiger partial charge in [-0.25, -0.2) is 0 Å². The van der Waals surface area contributed by atoms with Crippen molar-refractivity contribution in [1.29, 1.82) is 0 Å². The fourth-order valence-electron chi connectivity index (χ4n) is 2.94. The van der Waals surface area contributed by atoms with Crippen molar-refractivity contribution in [1.82, 2.24) is 0 Å². The Hall–Kier alpha value is -1.04. The van der Waals surface area contributed by atoms with E-state index in [4.69, 9.17) is 0 Å². The van der Waals surface area contributed by atoms with E-state index in [0.29, 0.717) is 0 Å². The molecular formula is C20H32. The molecule has 0 aliphatic heterocycles. The molecule has 0 saturated heterocycles. The van der Waals surface area contributed by atoms with E-state index in [1.165, 1.54) is 49.7 Å². The Kier molecular flexibility index (Phi) is 7.05. The highest BCUT2D eigenvalue weighted by Gasteiger charge is 2.13. The van der Waals surface area contributed by atoms with E-state index in [1.54, 1.807) is 11.1 Å². The molecule has 2 rings (SSSR count). The third-order valence-electron chi connectivity index (χ3n) is 4.61. The zero-order valence-electron chi connectivity index (χ0n) is 14.0. The highest BCUT2D eigenvalue weighted by molar-refractivity contribution is 5.11. The predicted octanol–water partition coefficient (Wildman–Crippen LogP) is 6.62. The smallest absolute Gasteiger partial charge is 0.0169 e. The summed E-state index contributed by atoms with van der Waals surface area (Å²) in [6.45, 7) is 16.7. The summed E-state index contributed by atoms with van der Waals surface area (Å²) in [4.78, 5) is 0. The zero-order chi connectivity index (χ0) is 15.1. The van der Waals surface area contributed by atoms with Crippen molar-refractivity contribution < 1.29 is 0 Å². The van der Waals surface area contributed by atoms with E-state index >= 15 is 0 Å². The topological polar surface area (TPSA) is 0 Å². The molecule has 0 N–H and O–H groups in total. The van der Waals surface area contributed by atoms with Crippen LogP contribution in [0.15, 0.2) is 47.6 Å². The highest BCUT2D eigenvalue weighted by Crippen LogP contribution is 2.28. The Balaban J connectivity index is 0.000000200. The lowest BCUT2D eigenvalue weighted by atomic mass is 9.85. The Labute approximate surface area is 126 Å². The van der Waals surface area contributed by atoms with Crippen LogP contribution >= 0.6 is 0 Å². The molecule has 2 aliphatic rings. The van der Waals surface area contributed by atoms with Gasteiger partial charge in [0.15, 0.2) is 0 Å². The molecule has 2 unspecified atom stereocenters. The predicted molar refractivity (Wildman–Crippen MR) is 91.8 cm³/mol. The van der Waals surface area contributed by atoms with Crippen molar-refractivity contribution in [3.8, 4) is 0 Å². The van der Waals surface area contributed by atoms with Crippen LogP contribution in [0.1, 0.15) is 66.2 Å². The van der Waals surface area contributed by atoms with Crippen molar-refractivity contribution >= 4 is 0 Å². The summed E-state index contributed by atoms with van der Waals surface area (Å²) in [6.07, 6.45) is 12.3. The van der Waals surface area contributed by atoms with Gasteiger partial charge in [0.05, 0.1) is 0 Å². The lowest BCUT2D eigenvalue weighted by molar-refractivity contribution is 0.536. The molecule has 0 heteroatoms.